The third-order valence-corrected chi connectivity index (χ3v) is 3.21. The van der Waals surface area contributed by atoms with Gasteiger partial charge in [-0.3, -0.25) is 10.3 Å². The fourth-order valence-electron chi connectivity index (χ4n) is 2.14. The van der Waals surface area contributed by atoms with Crippen LogP contribution in [0.15, 0.2) is 23.2 Å². The lowest BCUT2D eigenvalue weighted by Crippen LogP contribution is -2.48. The number of fused-ring (bicyclic) bond motifs is 1. The molecule has 20 heavy (non-hydrogen) atoms. The summed E-state index contributed by atoms with van der Waals surface area (Å²) in [6, 6.07) is 6.44. The number of nitrogens with zero attached hydrogens (tertiary/aromatic N) is 3. The number of nitriles is 2. The summed E-state index contributed by atoms with van der Waals surface area (Å²) < 4.78 is 5.75. The quantitative estimate of drug-likeness (QED) is 0.364. The van der Waals surface area contributed by atoms with Gasteiger partial charge in [0.05, 0.1) is 18.0 Å². The molecule has 0 amide bonds. The van der Waals surface area contributed by atoms with Crippen LogP contribution in [0.5, 0.6) is 5.75 Å². The van der Waals surface area contributed by atoms with Crippen molar-refractivity contribution in [1.29, 1.82) is 10.5 Å². The SMILES string of the molecule is CC1(C)Oc2ccc(C#N)cc2[C@@H](N=CNC#N)[C@@H]1O. The number of aliphatic imine (C=N–C) groups is 1. The Bertz CT molecular complexity index is 625. The number of aliphatic hydroxyl groups is 1. The molecule has 1 aliphatic rings. The lowest BCUT2D eigenvalue weighted by molar-refractivity contribution is -0.0566. The van der Waals surface area contributed by atoms with E-state index in [1.165, 1.54) is 6.34 Å². The van der Waals surface area contributed by atoms with E-state index >= 15 is 0 Å². The third kappa shape index (κ3) is 2.42. The summed E-state index contributed by atoms with van der Waals surface area (Å²) in [5, 5.41) is 30.1. The second-order valence-electron chi connectivity index (χ2n) is 4.99. The van der Waals surface area contributed by atoms with Crippen molar-refractivity contribution >= 4 is 6.34 Å². The molecule has 0 radical (unpaired) electrons. The highest BCUT2D eigenvalue weighted by Gasteiger charge is 2.42. The van der Waals surface area contributed by atoms with Crippen LogP contribution in [0, 0.1) is 22.8 Å². The third-order valence-electron chi connectivity index (χ3n) is 3.21. The predicted octanol–water partition coefficient (Wildman–Crippen LogP) is 1.23. The second-order valence-corrected chi connectivity index (χ2v) is 4.99. The van der Waals surface area contributed by atoms with Crippen LogP contribution in [0.4, 0.5) is 0 Å². The number of hydrogen-bond acceptors (Lipinski definition) is 5. The van der Waals surface area contributed by atoms with Crippen LogP contribution < -0.4 is 10.1 Å². The summed E-state index contributed by atoms with van der Waals surface area (Å²) in [4.78, 5) is 4.17. The van der Waals surface area contributed by atoms with Crippen molar-refractivity contribution in [3.05, 3.63) is 29.3 Å². The monoisotopic (exact) mass is 270 g/mol. The van der Waals surface area contributed by atoms with Crippen LogP contribution in [-0.4, -0.2) is 23.2 Å². The largest absolute Gasteiger partial charge is 0.485 e. The van der Waals surface area contributed by atoms with Crippen LogP contribution in [-0.2, 0) is 0 Å². The highest BCUT2D eigenvalue weighted by molar-refractivity contribution is 5.58. The van der Waals surface area contributed by atoms with Gasteiger partial charge in [-0.25, -0.2) is 0 Å². The number of hydrogen-bond donors (Lipinski definition) is 2. The first-order chi connectivity index (χ1) is 9.49. The van der Waals surface area contributed by atoms with Crippen molar-refractivity contribution < 1.29 is 9.84 Å². The molecule has 2 N–H and O–H groups in total. The molecule has 1 heterocycles. The van der Waals surface area contributed by atoms with Crippen molar-refractivity contribution in [3.8, 4) is 18.0 Å². The fraction of sp³-hybridized carbons (Fsp3) is 0.357. The standard InChI is InChI=1S/C14H14N4O2/c1-14(2)13(19)12(18-8-17-7-16)10-5-9(6-15)3-4-11(10)20-14/h3-5,8,12-13,19H,1-2H3,(H,17,18)/t12-,13+/m1/s1. The number of benzene rings is 1. The maximum atomic E-state index is 10.4. The smallest absolute Gasteiger partial charge is 0.182 e. The van der Waals surface area contributed by atoms with Crippen LogP contribution in [0.25, 0.3) is 0 Å². The van der Waals surface area contributed by atoms with E-state index in [-0.39, 0.29) is 0 Å². The van der Waals surface area contributed by atoms with Crippen molar-refractivity contribution in [2.45, 2.75) is 31.6 Å². The molecule has 0 aromatic heterocycles. The Hall–Kier alpha value is -2.57. The fourth-order valence-corrected chi connectivity index (χ4v) is 2.14. The molecular formula is C14H14N4O2. The Morgan fingerprint density at radius 3 is 2.85 bits per heavy atom. The van der Waals surface area contributed by atoms with Gasteiger partial charge in [0.2, 0.25) is 0 Å². The van der Waals surface area contributed by atoms with E-state index in [0.29, 0.717) is 16.9 Å². The Balaban J connectivity index is 2.49. The lowest BCUT2D eigenvalue weighted by atomic mass is 9.86. The molecule has 1 aliphatic heterocycles. The molecule has 1 aromatic carbocycles. The average molecular weight is 270 g/mol. The minimum atomic E-state index is -0.888. The number of ether oxygens (including phenoxy) is 1. The van der Waals surface area contributed by atoms with Gasteiger partial charge < -0.3 is 9.84 Å². The van der Waals surface area contributed by atoms with E-state index in [0.717, 1.165) is 0 Å². The molecular weight excluding hydrogens is 256 g/mol. The first kappa shape index (κ1) is 13.9. The molecule has 0 fully saturated rings. The minimum Gasteiger partial charge on any atom is -0.485 e. The first-order valence-corrected chi connectivity index (χ1v) is 6.07. The average Bonchev–Trinajstić information content (AvgIpc) is 2.42. The molecule has 2 atom stereocenters. The summed E-state index contributed by atoms with van der Waals surface area (Å²) in [5.74, 6) is 0.582. The van der Waals surface area contributed by atoms with Gasteiger partial charge in [0, 0.05) is 5.56 Å². The molecule has 0 aliphatic carbocycles. The van der Waals surface area contributed by atoms with Crippen LogP contribution in [0.1, 0.15) is 31.0 Å². The number of nitrogens with one attached hydrogen (secondary N) is 1. The Labute approximate surface area is 116 Å². The summed E-state index contributed by atoms with van der Waals surface area (Å²) >= 11 is 0. The predicted molar refractivity (Wildman–Crippen MR) is 71.9 cm³/mol. The summed E-state index contributed by atoms with van der Waals surface area (Å²) in [7, 11) is 0. The van der Waals surface area contributed by atoms with Gasteiger partial charge >= 0.3 is 0 Å². The zero-order valence-corrected chi connectivity index (χ0v) is 11.2. The van der Waals surface area contributed by atoms with E-state index in [9.17, 15) is 5.11 Å². The van der Waals surface area contributed by atoms with E-state index in [4.69, 9.17) is 15.3 Å². The molecule has 0 saturated heterocycles. The van der Waals surface area contributed by atoms with Crippen LogP contribution in [0.2, 0.25) is 0 Å². The first-order valence-electron chi connectivity index (χ1n) is 6.07. The molecule has 0 saturated carbocycles. The molecule has 1 aromatic rings. The highest BCUT2D eigenvalue weighted by Crippen LogP contribution is 2.41. The zero-order chi connectivity index (χ0) is 14.8. The van der Waals surface area contributed by atoms with E-state index < -0.39 is 17.7 Å². The summed E-state index contributed by atoms with van der Waals surface area (Å²) in [6.07, 6.45) is 2.07. The number of rotatable bonds is 2. The van der Waals surface area contributed by atoms with E-state index in [1.54, 1.807) is 38.2 Å². The van der Waals surface area contributed by atoms with E-state index in [1.807, 2.05) is 6.07 Å². The molecule has 6 nitrogen and oxygen atoms in total. The Kier molecular flexibility index (Phi) is 3.60. The van der Waals surface area contributed by atoms with Gasteiger partial charge in [-0.1, -0.05) is 0 Å². The molecule has 6 heteroatoms. The summed E-state index contributed by atoms with van der Waals surface area (Å²) in [5.41, 5.74) is 0.287. The van der Waals surface area contributed by atoms with Crippen molar-refractivity contribution in [3.63, 3.8) is 0 Å². The van der Waals surface area contributed by atoms with Crippen molar-refractivity contribution in [2.75, 3.05) is 0 Å². The lowest BCUT2D eigenvalue weighted by Gasteiger charge is -2.40. The molecule has 2 rings (SSSR count). The van der Waals surface area contributed by atoms with Gasteiger partial charge in [-0.2, -0.15) is 10.5 Å². The summed E-state index contributed by atoms with van der Waals surface area (Å²) in [6.45, 7) is 3.53. The van der Waals surface area contributed by atoms with E-state index in [2.05, 4.69) is 10.3 Å². The minimum absolute atomic E-state index is 0.465. The second kappa shape index (κ2) is 5.20. The zero-order valence-electron chi connectivity index (χ0n) is 11.2. The van der Waals surface area contributed by atoms with Gasteiger partial charge in [0.25, 0.3) is 0 Å². The van der Waals surface area contributed by atoms with Crippen molar-refractivity contribution in [1.82, 2.24) is 5.32 Å². The highest BCUT2D eigenvalue weighted by atomic mass is 16.5. The molecule has 0 unspecified atom stereocenters. The molecule has 102 valence electrons. The normalized spacial score (nSPS) is 23.2. The van der Waals surface area contributed by atoms with Crippen LogP contribution in [0.3, 0.4) is 0 Å². The maximum Gasteiger partial charge on any atom is 0.182 e. The number of aliphatic hydroxyl groups excluding tert-OH is 1. The Morgan fingerprint density at radius 2 is 2.20 bits per heavy atom. The molecule has 0 spiro atoms. The van der Waals surface area contributed by atoms with Crippen LogP contribution >= 0.6 is 0 Å². The Morgan fingerprint density at radius 1 is 1.45 bits per heavy atom. The topological polar surface area (TPSA) is 101 Å². The van der Waals surface area contributed by atoms with Gasteiger partial charge in [0.1, 0.15) is 23.5 Å². The van der Waals surface area contributed by atoms with Gasteiger partial charge in [-0.15, -0.1) is 0 Å². The molecule has 0 bridgehead atoms. The van der Waals surface area contributed by atoms with Gasteiger partial charge in [-0.05, 0) is 32.0 Å². The maximum absolute atomic E-state index is 10.4. The van der Waals surface area contributed by atoms with Crippen molar-refractivity contribution in [2.24, 2.45) is 4.99 Å². The van der Waals surface area contributed by atoms with Gasteiger partial charge in [0.15, 0.2) is 6.19 Å².